The van der Waals surface area contributed by atoms with Crippen LogP contribution in [0, 0.1) is 6.92 Å². The summed E-state index contributed by atoms with van der Waals surface area (Å²) in [6.45, 7) is 6.13. The average molecular weight is 499 g/mol. The van der Waals surface area contributed by atoms with Crippen LogP contribution in [0.4, 0.5) is 11.4 Å². The first kappa shape index (κ1) is 24.4. The van der Waals surface area contributed by atoms with Crippen LogP contribution in [0.15, 0.2) is 61.1 Å². The van der Waals surface area contributed by atoms with Crippen LogP contribution in [0.25, 0.3) is 11.5 Å². The predicted molar refractivity (Wildman–Crippen MR) is 141 cm³/mol. The SMILES string of the molecule is Cc1ccc(CNC(=O)c2cccc(NCc3nnc(-c4ccncn4)n3C)c2)c(N2CCOCC2)c1. The number of amides is 1. The fourth-order valence-electron chi connectivity index (χ4n) is 4.31. The second-order valence-corrected chi connectivity index (χ2v) is 8.94. The molecule has 0 unspecified atom stereocenters. The van der Waals surface area contributed by atoms with E-state index in [1.807, 2.05) is 35.9 Å². The molecule has 3 heterocycles. The molecule has 0 saturated carbocycles. The van der Waals surface area contributed by atoms with Crippen LogP contribution in [0.5, 0.6) is 0 Å². The van der Waals surface area contributed by atoms with E-state index >= 15 is 0 Å². The van der Waals surface area contributed by atoms with Gasteiger partial charge in [0.15, 0.2) is 11.6 Å². The molecule has 10 nitrogen and oxygen atoms in total. The van der Waals surface area contributed by atoms with E-state index in [1.165, 1.54) is 11.9 Å². The number of hydrogen-bond acceptors (Lipinski definition) is 8. The highest BCUT2D eigenvalue weighted by molar-refractivity contribution is 5.95. The fraction of sp³-hybridized carbons (Fsp3) is 0.296. The molecule has 5 rings (SSSR count). The molecule has 1 amide bonds. The third-order valence-electron chi connectivity index (χ3n) is 6.38. The summed E-state index contributed by atoms with van der Waals surface area (Å²) >= 11 is 0. The summed E-state index contributed by atoms with van der Waals surface area (Å²) in [4.78, 5) is 23.5. The number of rotatable bonds is 8. The molecule has 2 N–H and O–H groups in total. The van der Waals surface area contributed by atoms with E-state index in [0.29, 0.717) is 30.2 Å². The lowest BCUT2D eigenvalue weighted by Gasteiger charge is -2.31. The molecule has 37 heavy (non-hydrogen) atoms. The van der Waals surface area contributed by atoms with Gasteiger partial charge in [-0.2, -0.15) is 0 Å². The molecular weight excluding hydrogens is 468 g/mol. The van der Waals surface area contributed by atoms with E-state index in [-0.39, 0.29) is 5.91 Å². The molecule has 10 heteroatoms. The lowest BCUT2D eigenvalue weighted by Crippen LogP contribution is -2.37. The topological polar surface area (TPSA) is 110 Å². The number of aryl methyl sites for hydroxylation is 1. The first-order chi connectivity index (χ1) is 18.1. The van der Waals surface area contributed by atoms with Gasteiger partial charge in [-0.15, -0.1) is 10.2 Å². The number of hydrogen-bond donors (Lipinski definition) is 2. The second kappa shape index (κ2) is 11.2. The van der Waals surface area contributed by atoms with Gasteiger partial charge in [0.2, 0.25) is 0 Å². The van der Waals surface area contributed by atoms with Gasteiger partial charge in [-0.05, 0) is 48.4 Å². The zero-order chi connectivity index (χ0) is 25.6. The molecule has 1 fully saturated rings. The lowest BCUT2D eigenvalue weighted by atomic mass is 10.1. The summed E-state index contributed by atoms with van der Waals surface area (Å²) < 4.78 is 7.39. The quantitative estimate of drug-likeness (QED) is 0.382. The van der Waals surface area contributed by atoms with Crippen LogP contribution in [-0.4, -0.2) is 56.9 Å². The van der Waals surface area contributed by atoms with Crippen molar-refractivity contribution < 1.29 is 9.53 Å². The first-order valence-corrected chi connectivity index (χ1v) is 12.3. The summed E-state index contributed by atoms with van der Waals surface area (Å²) in [5.41, 5.74) is 5.57. The predicted octanol–water partition coefficient (Wildman–Crippen LogP) is 2.96. The van der Waals surface area contributed by atoms with E-state index in [4.69, 9.17) is 4.74 Å². The number of ether oxygens (including phenoxy) is 1. The molecule has 4 aromatic rings. The van der Waals surface area contributed by atoms with E-state index in [1.54, 1.807) is 12.3 Å². The van der Waals surface area contributed by atoms with E-state index in [9.17, 15) is 4.79 Å². The van der Waals surface area contributed by atoms with Gasteiger partial charge in [0.25, 0.3) is 5.91 Å². The maximum atomic E-state index is 13.0. The molecule has 2 aromatic heterocycles. The van der Waals surface area contributed by atoms with Gasteiger partial charge in [0, 0.05) is 49.8 Å². The number of carbonyl (C=O) groups is 1. The maximum Gasteiger partial charge on any atom is 0.251 e. The molecule has 1 saturated heterocycles. The van der Waals surface area contributed by atoms with Gasteiger partial charge in [-0.25, -0.2) is 9.97 Å². The molecule has 0 radical (unpaired) electrons. The Morgan fingerprint density at radius 1 is 1.05 bits per heavy atom. The number of aromatic nitrogens is 5. The molecule has 190 valence electrons. The van der Waals surface area contributed by atoms with Crippen LogP contribution in [0.3, 0.4) is 0 Å². The van der Waals surface area contributed by atoms with Crippen molar-refractivity contribution in [2.45, 2.75) is 20.0 Å². The molecule has 0 atom stereocenters. The summed E-state index contributed by atoms with van der Waals surface area (Å²) in [6.07, 6.45) is 3.16. The number of nitrogens with zero attached hydrogens (tertiary/aromatic N) is 6. The minimum atomic E-state index is -0.123. The van der Waals surface area contributed by atoms with Crippen molar-refractivity contribution in [2.24, 2.45) is 7.05 Å². The third-order valence-corrected chi connectivity index (χ3v) is 6.38. The highest BCUT2D eigenvalue weighted by atomic mass is 16.5. The summed E-state index contributed by atoms with van der Waals surface area (Å²) in [5.74, 6) is 1.29. The van der Waals surface area contributed by atoms with Crippen molar-refractivity contribution in [3.63, 3.8) is 0 Å². The van der Waals surface area contributed by atoms with Gasteiger partial charge < -0.3 is 24.8 Å². The summed E-state index contributed by atoms with van der Waals surface area (Å²) in [7, 11) is 1.90. The number of morpholine rings is 1. The molecule has 0 aliphatic carbocycles. The Morgan fingerprint density at radius 3 is 2.73 bits per heavy atom. The van der Waals surface area contributed by atoms with Crippen molar-refractivity contribution in [1.82, 2.24) is 30.0 Å². The Kier molecular flexibility index (Phi) is 7.36. The first-order valence-electron chi connectivity index (χ1n) is 12.3. The van der Waals surface area contributed by atoms with Crippen LogP contribution < -0.4 is 15.5 Å². The molecule has 2 aromatic carbocycles. The molecule has 0 spiro atoms. The van der Waals surface area contributed by atoms with Crippen molar-refractivity contribution in [1.29, 1.82) is 0 Å². The Bertz CT molecular complexity index is 1370. The van der Waals surface area contributed by atoms with Gasteiger partial charge in [-0.1, -0.05) is 18.2 Å². The van der Waals surface area contributed by atoms with Gasteiger partial charge in [0.1, 0.15) is 12.0 Å². The average Bonchev–Trinajstić information content (AvgIpc) is 3.32. The van der Waals surface area contributed by atoms with E-state index in [0.717, 1.165) is 49.1 Å². The second-order valence-electron chi connectivity index (χ2n) is 8.94. The third kappa shape index (κ3) is 5.75. The van der Waals surface area contributed by atoms with Crippen LogP contribution >= 0.6 is 0 Å². The number of benzene rings is 2. The van der Waals surface area contributed by atoms with Gasteiger partial charge >= 0.3 is 0 Å². The van der Waals surface area contributed by atoms with Crippen LogP contribution in [0.2, 0.25) is 0 Å². The van der Waals surface area contributed by atoms with E-state index in [2.05, 4.69) is 60.8 Å². The van der Waals surface area contributed by atoms with Gasteiger partial charge in [-0.3, -0.25) is 4.79 Å². The van der Waals surface area contributed by atoms with Crippen molar-refractivity contribution in [3.8, 4) is 11.5 Å². The standard InChI is InChI=1S/C27H30N8O2/c1-19-6-7-21(24(14-19)35-10-12-37-13-11-35)16-30-27(36)20-4-3-5-22(15-20)29-17-25-32-33-26(34(25)2)23-8-9-28-18-31-23/h3-9,14-15,18,29H,10-13,16-17H2,1-2H3,(H,30,36). The Labute approximate surface area is 215 Å². The highest BCUT2D eigenvalue weighted by Gasteiger charge is 2.16. The zero-order valence-electron chi connectivity index (χ0n) is 21.0. The Hall–Kier alpha value is -4.31. The van der Waals surface area contributed by atoms with Crippen molar-refractivity contribution >= 4 is 17.3 Å². The highest BCUT2D eigenvalue weighted by Crippen LogP contribution is 2.24. The number of nitrogens with one attached hydrogen (secondary N) is 2. The largest absolute Gasteiger partial charge is 0.378 e. The lowest BCUT2D eigenvalue weighted by molar-refractivity contribution is 0.0950. The Morgan fingerprint density at radius 2 is 1.92 bits per heavy atom. The number of anilines is 2. The summed E-state index contributed by atoms with van der Waals surface area (Å²) in [5, 5.41) is 15.0. The van der Waals surface area contributed by atoms with Crippen LogP contribution in [0.1, 0.15) is 27.3 Å². The molecular formula is C27H30N8O2. The Balaban J connectivity index is 1.22. The minimum absolute atomic E-state index is 0.123. The van der Waals surface area contributed by atoms with E-state index < -0.39 is 0 Å². The van der Waals surface area contributed by atoms with Gasteiger partial charge in [0.05, 0.1) is 19.8 Å². The fourth-order valence-corrected chi connectivity index (χ4v) is 4.31. The smallest absolute Gasteiger partial charge is 0.251 e. The minimum Gasteiger partial charge on any atom is -0.378 e. The van der Waals surface area contributed by atoms with Crippen LogP contribution in [-0.2, 0) is 24.9 Å². The van der Waals surface area contributed by atoms with Crippen molar-refractivity contribution in [3.05, 3.63) is 83.6 Å². The normalized spacial score (nSPS) is 13.4. The number of carbonyl (C=O) groups excluding carboxylic acids is 1. The molecule has 1 aliphatic heterocycles. The molecule has 1 aliphatic rings. The summed E-state index contributed by atoms with van der Waals surface area (Å²) in [6, 6.07) is 15.6. The molecule has 0 bridgehead atoms. The maximum absolute atomic E-state index is 13.0. The monoisotopic (exact) mass is 498 g/mol. The zero-order valence-corrected chi connectivity index (χ0v) is 21.0. The van der Waals surface area contributed by atoms with Crippen molar-refractivity contribution in [2.75, 3.05) is 36.5 Å².